The zero-order chi connectivity index (χ0) is 19.6. The maximum atomic E-state index is 12.3. The number of anilines is 2. The number of carbonyl (C=O) groups is 2. The number of benzene rings is 2. The smallest absolute Gasteiger partial charge is 0.258 e. The molecule has 3 N–H and O–H groups in total. The largest absolute Gasteiger partial charge is 0.326 e. The number of hydrogen-bond donors (Lipinski definition) is 3. The maximum Gasteiger partial charge on any atom is 0.258 e. The molecule has 0 spiro atoms. The first-order chi connectivity index (χ1) is 12.8. The summed E-state index contributed by atoms with van der Waals surface area (Å²) in [6.07, 6.45) is 0. The van der Waals surface area contributed by atoms with E-state index in [0.29, 0.717) is 21.4 Å². The van der Waals surface area contributed by atoms with Gasteiger partial charge in [0.1, 0.15) is 0 Å². The van der Waals surface area contributed by atoms with Crippen molar-refractivity contribution in [2.75, 3.05) is 10.6 Å². The van der Waals surface area contributed by atoms with E-state index in [-0.39, 0.29) is 11.0 Å². The van der Waals surface area contributed by atoms with E-state index in [1.54, 1.807) is 30.3 Å². The number of nitrogens with one attached hydrogen (secondary N) is 3. The lowest BCUT2D eigenvalue weighted by Gasteiger charge is -2.08. The Labute approximate surface area is 169 Å². The number of aromatic nitrogens is 1. The van der Waals surface area contributed by atoms with Crippen LogP contribution in [0.5, 0.6) is 0 Å². The average molecular weight is 419 g/mol. The molecule has 3 rings (SSSR count). The second kappa shape index (κ2) is 7.99. The molecule has 0 saturated heterocycles. The number of aryl methyl sites for hydroxylation is 1. The molecule has 0 saturated carbocycles. The zero-order valence-corrected chi connectivity index (χ0v) is 16.8. The van der Waals surface area contributed by atoms with Crippen molar-refractivity contribution < 1.29 is 9.59 Å². The molecular formula is C18H15ClN4O2S2. The van der Waals surface area contributed by atoms with Gasteiger partial charge in [0.2, 0.25) is 5.91 Å². The van der Waals surface area contributed by atoms with Crippen LogP contribution in [0.15, 0.2) is 36.4 Å². The van der Waals surface area contributed by atoms with Crippen molar-refractivity contribution in [3.8, 4) is 0 Å². The molecule has 1 heterocycles. The summed E-state index contributed by atoms with van der Waals surface area (Å²) in [6.45, 7) is 3.34. The van der Waals surface area contributed by atoms with Crippen LogP contribution < -0.4 is 16.0 Å². The molecule has 0 aliphatic rings. The lowest BCUT2D eigenvalue weighted by atomic mass is 10.1. The Hall–Kier alpha value is -2.55. The van der Waals surface area contributed by atoms with Crippen molar-refractivity contribution in [3.63, 3.8) is 0 Å². The molecule has 0 unspecified atom stereocenters. The number of fused-ring (bicyclic) bond motifs is 1. The Morgan fingerprint density at radius 2 is 1.93 bits per heavy atom. The van der Waals surface area contributed by atoms with Crippen molar-refractivity contribution in [1.82, 2.24) is 10.3 Å². The minimum absolute atomic E-state index is 0.123. The monoisotopic (exact) mass is 418 g/mol. The van der Waals surface area contributed by atoms with Gasteiger partial charge in [-0.05, 0) is 55.0 Å². The minimum atomic E-state index is -0.397. The maximum absolute atomic E-state index is 12.3. The summed E-state index contributed by atoms with van der Waals surface area (Å²) in [6, 6.07) is 10.6. The van der Waals surface area contributed by atoms with Crippen LogP contribution in [0.25, 0.3) is 10.2 Å². The first-order valence-corrected chi connectivity index (χ1v) is 9.49. The normalized spacial score (nSPS) is 10.5. The first-order valence-electron chi connectivity index (χ1n) is 7.88. The highest BCUT2D eigenvalue weighted by atomic mass is 35.5. The fraction of sp³-hybridized carbons (Fsp3) is 0.111. The van der Waals surface area contributed by atoms with Crippen LogP contribution in [-0.4, -0.2) is 21.9 Å². The van der Waals surface area contributed by atoms with Gasteiger partial charge >= 0.3 is 0 Å². The molecule has 6 nitrogen and oxygen atoms in total. The first kappa shape index (κ1) is 19.2. The number of amides is 2. The van der Waals surface area contributed by atoms with E-state index in [9.17, 15) is 9.59 Å². The van der Waals surface area contributed by atoms with E-state index in [1.165, 1.54) is 18.3 Å². The Morgan fingerprint density at radius 3 is 2.63 bits per heavy atom. The van der Waals surface area contributed by atoms with Gasteiger partial charge in [0.05, 0.1) is 20.8 Å². The molecule has 3 aromatic rings. The lowest BCUT2D eigenvalue weighted by Crippen LogP contribution is -2.34. The van der Waals surface area contributed by atoms with Crippen molar-refractivity contribution >= 4 is 73.1 Å². The van der Waals surface area contributed by atoms with Gasteiger partial charge in [-0.1, -0.05) is 29.0 Å². The second-order valence-corrected chi connectivity index (χ2v) is 7.62. The molecule has 27 heavy (non-hydrogen) atoms. The topological polar surface area (TPSA) is 83.1 Å². The van der Waals surface area contributed by atoms with Gasteiger partial charge in [0.25, 0.3) is 5.91 Å². The fourth-order valence-corrected chi connectivity index (χ4v) is 3.85. The van der Waals surface area contributed by atoms with Gasteiger partial charge in [-0.15, -0.1) is 0 Å². The number of thiazole rings is 1. The SMILES string of the molecule is CC(=O)Nc1ccc2nc(NC(=S)NC(=O)c3ccc(C)cc3Cl)sc2c1. The van der Waals surface area contributed by atoms with Gasteiger partial charge < -0.3 is 10.6 Å². The summed E-state index contributed by atoms with van der Waals surface area (Å²) < 4.78 is 0.874. The Balaban J connectivity index is 1.70. The van der Waals surface area contributed by atoms with E-state index in [0.717, 1.165) is 15.8 Å². The van der Waals surface area contributed by atoms with Crippen LogP contribution in [0.4, 0.5) is 10.8 Å². The molecular weight excluding hydrogens is 404 g/mol. The van der Waals surface area contributed by atoms with Crippen molar-refractivity contribution in [2.45, 2.75) is 13.8 Å². The van der Waals surface area contributed by atoms with Crippen molar-refractivity contribution in [1.29, 1.82) is 0 Å². The van der Waals surface area contributed by atoms with Crippen LogP contribution in [0.3, 0.4) is 0 Å². The second-order valence-electron chi connectivity index (χ2n) is 5.77. The summed E-state index contributed by atoms with van der Waals surface area (Å²) in [7, 11) is 0. The summed E-state index contributed by atoms with van der Waals surface area (Å²) >= 11 is 12.7. The molecule has 1 aromatic heterocycles. The van der Waals surface area contributed by atoms with Gasteiger partial charge in [-0.3, -0.25) is 14.9 Å². The van der Waals surface area contributed by atoms with Crippen LogP contribution in [-0.2, 0) is 4.79 Å². The summed E-state index contributed by atoms with van der Waals surface area (Å²) in [5.74, 6) is -0.539. The number of nitrogens with zero attached hydrogens (tertiary/aromatic N) is 1. The molecule has 0 bridgehead atoms. The van der Waals surface area contributed by atoms with Gasteiger partial charge in [0, 0.05) is 12.6 Å². The molecule has 2 amide bonds. The molecule has 0 fully saturated rings. The molecule has 0 radical (unpaired) electrons. The van der Waals surface area contributed by atoms with Crippen LogP contribution in [0.1, 0.15) is 22.8 Å². The molecule has 0 aliphatic carbocycles. The lowest BCUT2D eigenvalue weighted by molar-refractivity contribution is -0.114. The van der Waals surface area contributed by atoms with Crippen LogP contribution >= 0.6 is 35.2 Å². The molecule has 2 aromatic carbocycles. The number of hydrogen-bond acceptors (Lipinski definition) is 5. The van der Waals surface area contributed by atoms with E-state index in [4.69, 9.17) is 23.8 Å². The van der Waals surface area contributed by atoms with E-state index >= 15 is 0 Å². The van der Waals surface area contributed by atoms with E-state index in [1.807, 2.05) is 13.0 Å². The van der Waals surface area contributed by atoms with Gasteiger partial charge in [0.15, 0.2) is 10.2 Å². The standard InChI is InChI=1S/C18H15ClN4O2S2/c1-9-3-5-12(13(19)7-9)16(25)22-17(26)23-18-21-14-6-4-11(20-10(2)24)8-15(14)27-18/h3-8H,1-2H3,(H,20,24)(H2,21,22,23,25,26). The molecule has 9 heteroatoms. The summed E-state index contributed by atoms with van der Waals surface area (Å²) in [5, 5.41) is 9.24. The van der Waals surface area contributed by atoms with Crippen molar-refractivity contribution in [2.24, 2.45) is 0 Å². The average Bonchev–Trinajstić information content (AvgIpc) is 2.95. The summed E-state index contributed by atoms with van der Waals surface area (Å²) in [5.41, 5.74) is 2.75. The highest BCUT2D eigenvalue weighted by Gasteiger charge is 2.13. The molecule has 0 aliphatic heterocycles. The van der Waals surface area contributed by atoms with E-state index in [2.05, 4.69) is 20.9 Å². The number of thiocarbonyl (C=S) groups is 1. The van der Waals surface area contributed by atoms with Crippen LogP contribution in [0.2, 0.25) is 5.02 Å². The molecule has 0 atom stereocenters. The van der Waals surface area contributed by atoms with Crippen molar-refractivity contribution in [3.05, 3.63) is 52.5 Å². The predicted octanol–water partition coefficient (Wildman–Crippen LogP) is 4.34. The third-order valence-electron chi connectivity index (χ3n) is 3.53. The number of rotatable bonds is 3. The van der Waals surface area contributed by atoms with Crippen LogP contribution in [0, 0.1) is 6.92 Å². The van der Waals surface area contributed by atoms with Gasteiger partial charge in [-0.2, -0.15) is 0 Å². The highest BCUT2D eigenvalue weighted by Crippen LogP contribution is 2.28. The van der Waals surface area contributed by atoms with E-state index < -0.39 is 5.91 Å². The number of carbonyl (C=O) groups excluding carboxylic acids is 2. The third kappa shape index (κ3) is 4.79. The predicted molar refractivity (Wildman–Crippen MR) is 114 cm³/mol. The highest BCUT2D eigenvalue weighted by molar-refractivity contribution is 7.80. The molecule has 138 valence electrons. The Bertz CT molecular complexity index is 1060. The van der Waals surface area contributed by atoms with Gasteiger partial charge in [-0.25, -0.2) is 4.98 Å². The fourth-order valence-electron chi connectivity index (χ4n) is 2.36. The Kier molecular flexibility index (Phi) is 5.69. The third-order valence-corrected chi connectivity index (χ3v) is 4.98. The quantitative estimate of drug-likeness (QED) is 0.551. The number of halogens is 1. The zero-order valence-electron chi connectivity index (χ0n) is 14.4. The summed E-state index contributed by atoms with van der Waals surface area (Å²) in [4.78, 5) is 27.9. The Morgan fingerprint density at radius 1 is 1.15 bits per heavy atom. The minimum Gasteiger partial charge on any atom is -0.326 e.